The first kappa shape index (κ1) is 9.21. The summed E-state index contributed by atoms with van der Waals surface area (Å²) in [5.41, 5.74) is 2.03. The number of rotatable bonds is 3. The van der Waals surface area contributed by atoms with Crippen LogP contribution in [0.4, 0.5) is 0 Å². The Morgan fingerprint density at radius 1 is 1.57 bits per heavy atom. The lowest BCUT2D eigenvalue weighted by Gasteiger charge is -1.98. The zero-order valence-corrected chi connectivity index (χ0v) is 8.75. The van der Waals surface area contributed by atoms with Gasteiger partial charge < -0.3 is 4.57 Å². The van der Waals surface area contributed by atoms with Crippen molar-refractivity contribution in [3.63, 3.8) is 0 Å². The van der Waals surface area contributed by atoms with E-state index in [1.807, 2.05) is 23.0 Å². The first-order chi connectivity index (χ1) is 6.78. The second-order valence-corrected chi connectivity index (χ2v) is 4.42. The largest absolute Gasteiger partial charge is 0.349 e. The smallest absolute Gasteiger partial charge is 0.151 e. The first-order valence-corrected chi connectivity index (χ1v) is 5.31. The third kappa shape index (κ3) is 1.93. The van der Waals surface area contributed by atoms with Gasteiger partial charge in [-0.2, -0.15) is 0 Å². The van der Waals surface area contributed by atoms with Gasteiger partial charge >= 0.3 is 0 Å². The van der Waals surface area contributed by atoms with E-state index in [2.05, 4.69) is 18.4 Å². The molecule has 2 heterocycles. The summed E-state index contributed by atoms with van der Waals surface area (Å²) >= 11 is 1.75. The maximum absolute atomic E-state index is 10.5. The highest BCUT2D eigenvalue weighted by atomic mass is 32.1. The first-order valence-electron chi connectivity index (χ1n) is 4.43. The summed E-state index contributed by atoms with van der Waals surface area (Å²) in [7, 11) is 0. The fourth-order valence-electron chi connectivity index (χ4n) is 1.42. The van der Waals surface area contributed by atoms with Crippen LogP contribution in [0.1, 0.15) is 20.8 Å². The van der Waals surface area contributed by atoms with Gasteiger partial charge in [0.25, 0.3) is 0 Å². The molecule has 0 saturated heterocycles. The standard InChI is InChI=1S/C11H11NOS/c1-9-4-11(8-14-9)6-12-3-2-10(5-12)7-13/h2-5,7-8H,6H2,1H3. The van der Waals surface area contributed by atoms with E-state index < -0.39 is 0 Å². The molecule has 0 aliphatic heterocycles. The van der Waals surface area contributed by atoms with Crippen LogP contribution >= 0.6 is 11.3 Å². The third-order valence-electron chi connectivity index (χ3n) is 2.06. The predicted octanol–water partition coefficient (Wildman–Crippen LogP) is 2.72. The quantitative estimate of drug-likeness (QED) is 0.706. The van der Waals surface area contributed by atoms with E-state index in [4.69, 9.17) is 0 Å². The average molecular weight is 205 g/mol. The van der Waals surface area contributed by atoms with E-state index in [9.17, 15) is 4.79 Å². The normalized spacial score (nSPS) is 10.4. The molecule has 0 unspecified atom stereocenters. The monoisotopic (exact) mass is 205 g/mol. The van der Waals surface area contributed by atoms with E-state index in [0.29, 0.717) is 0 Å². The van der Waals surface area contributed by atoms with E-state index in [1.165, 1.54) is 10.4 Å². The van der Waals surface area contributed by atoms with Crippen molar-refractivity contribution in [1.82, 2.24) is 4.57 Å². The maximum atomic E-state index is 10.5. The predicted molar refractivity (Wildman–Crippen MR) is 58.0 cm³/mol. The van der Waals surface area contributed by atoms with Crippen LogP contribution in [0.25, 0.3) is 0 Å². The zero-order valence-electron chi connectivity index (χ0n) is 7.93. The van der Waals surface area contributed by atoms with Crippen molar-refractivity contribution in [3.8, 4) is 0 Å². The average Bonchev–Trinajstić information content (AvgIpc) is 2.76. The Labute approximate surface area is 86.8 Å². The lowest BCUT2D eigenvalue weighted by Crippen LogP contribution is -1.94. The van der Waals surface area contributed by atoms with Crippen molar-refractivity contribution >= 4 is 17.6 Å². The number of hydrogen-bond donors (Lipinski definition) is 0. The Balaban J connectivity index is 2.14. The van der Waals surface area contributed by atoms with Gasteiger partial charge in [0.15, 0.2) is 6.29 Å². The van der Waals surface area contributed by atoms with Crippen LogP contribution in [-0.2, 0) is 6.54 Å². The number of aryl methyl sites for hydroxylation is 1. The fourth-order valence-corrected chi connectivity index (χ4v) is 2.12. The van der Waals surface area contributed by atoms with Gasteiger partial charge in [-0.05, 0) is 30.0 Å². The van der Waals surface area contributed by atoms with Gasteiger partial charge in [-0.1, -0.05) is 0 Å². The summed E-state index contributed by atoms with van der Waals surface area (Å²) in [6.07, 6.45) is 4.66. The van der Waals surface area contributed by atoms with Crippen LogP contribution in [0.15, 0.2) is 29.9 Å². The van der Waals surface area contributed by atoms with E-state index in [-0.39, 0.29) is 0 Å². The number of aromatic nitrogens is 1. The van der Waals surface area contributed by atoms with E-state index in [0.717, 1.165) is 18.4 Å². The van der Waals surface area contributed by atoms with Gasteiger partial charge in [-0.15, -0.1) is 11.3 Å². The fraction of sp³-hybridized carbons (Fsp3) is 0.182. The molecule has 0 aromatic carbocycles. The van der Waals surface area contributed by atoms with Gasteiger partial charge in [0.1, 0.15) is 0 Å². The summed E-state index contributed by atoms with van der Waals surface area (Å²) in [4.78, 5) is 11.8. The Bertz CT molecular complexity index is 442. The minimum Gasteiger partial charge on any atom is -0.349 e. The minimum absolute atomic E-state index is 0.733. The Morgan fingerprint density at radius 3 is 3.00 bits per heavy atom. The second kappa shape index (κ2) is 3.80. The van der Waals surface area contributed by atoms with Crippen LogP contribution in [0.3, 0.4) is 0 Å². The molecule has 0 aliphatic rings. The highest BCUT2D eigenvalue weighted by molar-refractivity contribution is 7.10. The topological polar surface area (TPSA) is 22.0 Å². The molecule has 2 aromatic rings. The molecule has 0 saturated carbocycles. The molecular formula is C11H11NOS. The summed E-state index contributed by atoms with van der Waals surface area (Å²) < 4.78 is 2.02. The number of nitrogens with zero attached hydrogens (tertiary/aromatic N) is 1. The summed E-state index contributed by atoms with van der Waals surface area (Å²) in [5, 5.41) is 2.15. The van der Waals surface area contributed by atoms with Crippen LogP contribution in [-0.4, -0.2) is 10.9 Å². The molecular weight excluding hydrogens is 194 g/mol. The summed E-state index contributed by atoms with van der Waals surface area (Å²) in [6, 6.07) is 4.00. The Kier molecular flexibility index (Phi) is 2.50. The molecule has 2 aromatic heterocycles. The number of aldehydes is 1. The van der Waals surface area contributed by atoms with Crippen molar-refractivity contribution in [2.75, 3.05) is 0 Å². The number of carbonyl (C=O) groups excluding carboxylic acids is 1. The molecule has 72 valence electrons. The maximum Gasteiger partial charge on any atom is 0.151 e. The molecule has 0 radical (unpaired) electrons. The van der Waals surface area contributed by atoms with Crippen LogP contribution in [0.5, 0.6) is 0 Å². The molecule has 14 heavy (non-hydrogen) atoms. The van der Waals surface area contributed by atoms with Crippen LogP contribution in [0.2, 0.25) is 0 Å². The van der Waals surface area contributed by atoms with Crippen LogP contribution in [0, 0.1) is 6.92 Å². The van der Waals surface area contributed by atoms with E-state index in [1.54, 1.807) is 11.3 Å². The van der Waals surface area contributed by atoms with Gasteiger partial charge in [0.05, 0.1) is 0 Å². The second-order valence-electron chi connectivity index (χ2n) is 3.30. The molecule has 3 heteroatoms. The minimum atomic E-state index is 0.733. The molecule has 0 N–H and O–H groups in total. The van der Waals surface area contributed by atoms with Crippen molar-refractivity contribution < 1.29 is 4.79 Å². The highest BCUT2D eigenvalue weighted by Gasteiger charge is 1.98. The van der Waals surface area contributed by atoms with Crippen molar-refractivity contribution in [3.05, 3.63) is 45.9 Å². The molecule has 0 atom stereocenters. The van der Waals surface area contributed by atoms with Gasteiger partial charge in [0.2, 0.25) is 0 Å². The van der Waals surface area contributed by atoms with Crippen molar-refractivity contribution in [1.29, 1.82) is 0 Å². The molecule has 2 rings (SSSR count). The van der Waals surface area contributed by atoms with Gasteiger partial charge in [0, 0.05) is 29.4 Å². The summed E-state index contributed by atoms with van der Waals surface area (Å²) in [6.45, 7) is 2.94. The van der Waals surface area contributed by atoms with Gasteiger partial charge in [-0.3, -0.25) is 4.79 Å². The lowest BCUT2D eigenvalue weighted by molar-refractivity contribution is 0.112. The SMILES string of the molecule is Cc1cc(Cn2ccc(C=O)c2)cs1. The Morgan fingerprint density at radius 2 is 2.43 bits per heavy atom. The number of thiophene rings is 1. The van der Waals surface area contributed by atoms with Crippen molar-refractivity contribution in [2.45, 2.75) is 13.5 Å². The van der Waals surface area contributed by atoms with E-state index >= 15 is 0 Å². The molecule has 0 amide bonds. The highest BCUT2D eigenvalue weighted by Crippen LogP contribution is 2.14. The third-order valence-corrected chi connectivity index (χ3v) is 2.97. The van der Waals surface area contributed by atoms with Gasteiger partial charge in [-0.25, -0.2) is 0 Å². The van der Waals surface area contributed by atoms with Crippen molar-refractivity contribution in [2.24, 2.45) is 0 Å². The molecule has 0 aliphatic carbocycles. The molecule has 0 bridgehead atoms. The zero-order chi connectivity index (χ0) is 9.97. The summed E-state index contributed by atoms with van der Waals surface area (Å²) in [5.74, 6) is 0. The molecule has 2 nitrogen and oxygen atoms in total. The lowest BCUT2D eigenvalue weighted by atomic mass is 10.3. The molecule has 0 spiro atoms. The Hall–Kier alpha value is -1.35. The molecule has 0 fully saturated rings. The number of hydrogen-bond acceptors (Lipinski definition) is 2. The number of carbonyl (C=O) groups is 1. The van der Waals surface area contributed by atoms with Crippen LogP contribution < -0.4 is 0 Å².